The third kappa shape index (κ3) is 3.59. The molecule has 5 heteroatoms. The van der Waals surface area contributed by atoms with Gasteiger partial charge in [0, 0.05) is 7.11 Å². The molecule has 1 rings (SSSR count). The van der Waals surface area contributed by atoms with Crippen molar-refractivity contribution in [3.8, 4) is 0 Å². The predicted molar refractivity (Wildman–Crippen MR) is 53.4 cm³/mol. The Balaban J connectivity index is 2.07. The third-order valence-corrected chi connectivity index (χ3v) is 3.56. The second-order valence-electron chi connectivity index (χ2n) is 3.54. The first kappa shape index (κ1) is 11.4. The maximum atomic E-state index is 11.0. The smallest absolute Gasteiger partial charge is 0.317 e. The number of esters is 2. The standard InChI is InChI=1S/C9H16O4Si/c1-12-14-5-3-2-4-7-6-8(10)13-9(7)11/h7H,2-6,14H2,1H3. The van der Waals surface area contributed by atoms with Crippen molar-refractivity contribution in [3.63, 3.8) is 0 Å². The Morgan fingerprint density at radius 3 is 2.86 bits per heavy atom. The number of rotatable bonds is 6. The second-order valence-corrected chi connectivity index (χ2v) is 5.23. The van der Waals surface area contributed by atoms with E-state index >= 15 is 0 Å². The van der Waals surface area contributed by atoms with Gasteiger partial charge in [0.05, 0.1) is 12.3 Å². The number of carbonyl (C=O) groups excluding carboxylic acids is 2. The predicted octanol–water partition coefficient (Wildman–Crippen LogP) is 0.395. The normalized spacial score (nSPS) is 22.2. The summed E-state index contributed by atoms with van der Waals surface area (Å²) in [5.41, 5.74) is 0. The molecule has 0 amide bonds. The molecule has 4 nitrogen and oxygen atoms in total. The average Bonchev–Trinajstić information content (AvgIpc) is 2.45. The van der Waals surface area contributed by atoms with Gasteiger partial charge in [-0.1, -0.05) is 12.8 Å². The molecule has 1 unspecified atom stereocenters. The van der Waals surface area contributed by atoms with Crippen LogP contribution < -0.4 is 0 Å². The number of unbranched alkanes of at least 4 members (excludes halogenated alkanes) is 1. The van der Waals surface area contributed by atoms with Crippen LogP contribution in [0.15, 0.2) is 0 Å². The Morgan fingerprint density at radius 1 is 1.50 bits per heavy atom. The lowest BCUT2D eigenvalue weighted by atomic mass is 10.0. The number of hydrogen-bond donors (Lipinski definition) is 0. The van der Waals surface area contributed by atoms with Crippen molar-refractivity contribution in [2.45, 2.75) is 31.7 Å². The second kappa shape index (κ2) is 5.92. The molecule has 0 saturated carbocycles. The van der Waals surface area contributed by atoms with Crippen molar-refractivity contribution in [1.29, 1.82) is 0 Å². The van der Waals surface area contributed by atoms with Crippen molar-refractivity contribution in [3.05, 3.63) is 0 Å². The molecule has 1 heterocycles. The summed E-state index contributed by atoms with van der Waals surface area (Å²) in [6, 6.07) is 1.15. The molecule has 1 fully saturated rings. The maximum Gasteiger partial charge on any atom is 0.317 e. The summed E-state index contributed by atoms with van der Waals surface area (Å²) < 4.78 is 9.50. The Morgan fingerprint density at radius 2 is 2.29 bits per heavy atom. The van der Waals surface area contributed by atoms with E-state index in [1.165, 1.54) is 0 Å². The first-order valence-corrected chi connectivity index (χ1v) is 6.55. The van der Waals surface area contributed by atoms with Gasteiger partial charge in [0.15, 0.2) is 9.76 Å². The Hall–Kier alpha value is -0.683. The highest BCUT2D eigenvalue weighted by atomic mass is 28.2. The minimum Gasteiger partial charge on any atom is -0.427 e. The van der Waals surface area contributed by atoms with Crippen molar-refractivity contribution < 1.29 is 18.8 Å². The molecule has 0 N–H and O–H groups in total. The minimum atomic E-state index is -0.369. The van der Waals surface area contributed by atoms with E-state index in [4.69, 9.17) is 4.43 Å². The molecule has 0 aromatic carbocycles. The van der Waals surface area contributed by atoms with Gasteiger partial charge in [0.1, 0.15) is 0 Å². The van der Waals surface area contributed by atoms with E-state index in [2.05, 4.69) is 4.74 Å². The van der Waals surface area contributed by atoms with Gasteiger partial charge in [0.25, 0.3) is 0 Å². The third-order valence-electron chi connectivity index (χ3n) is 2.36. The van der Waals surface area contributed by atoms with E-state index in [0.29, 0.717) is 0 Å². The Bertz CT molecular complexity index is 217. The fraction of sp³-hybridized carbons (Fsp3) is 0.778. The van der Waals surface area contributed by atoms with Gasteiger partial charge in [-0.05, 0) is 12.5 Å². The van der Waals surface area contributed by atoms with Crippen LogP contribution in [0.5, 0.6) is 0 Å². The molecular formula is C9H16O4Si. The van der Waals surface area contributed by atoms with Crippen LogP contribution in [-0.2, 0) is 18.8 Å². The molecule has 0 aromatic heterocycles. The largest absolute Gasteiger partial charge is 0.427 e. The van der Waals surface area contributed by atoms with Crippen LogP contribution in [0.25, 0.3) is 0 Å². The number of cyclic esters (lactones) is 2. The summed E-state index contributed by atoms with van der Waals surface area (Å²) >= 11 is 0. The van der Waals surface area contributed by atoms with Gasteiger partial charge >= 0.3 is 11.9 Å². The van der Waals surface area contributed by atoms with Crippen molar-refractivity contribution in [2.24, 2.45) is 5.92 Å². The molecule has 0 aliphatic carbocycles. The van der Waals surface area contributed by atoms with Crippen molar-refractivity contribution >= 4 is 21.7 Å². The molecule has 80 valence electrons. The molecule has 0 bridgehead atoms. The van der Waals surface area contributed by atoms with Crippen molar-refractivity contribution in [1.82, 2.24) is 0 Å². The average molecular weight is 216 g/mol. The molecule has 1 saturated heterocycles. The lowest BCUT2D eigenvalue weighted by Gasteiger charge is -2.03. The number of ether oxygens (including phenoxy) is 1. The van der Waals surface area contributed by atoms with Gasteiger partial charge in [0.2, 0.25) is 0 Å². The lowest BCUT2D eigenvalue weighted by Crippen LogP contribution is -2.07. The maximum absolute atomic E-state index is 11.0. The van der Waals surface area contributed by atoms with Crippen LogP contribution in [0.4, 0.5) is 0 Å². The topological polar surface area (TPSA) is 52.6 Å². The monoisotopic (exact) mass is 216 g/mol. The molecule has 0 aromatic rings. The van der Waals surface area contributed by atoms with Gasteiger partial charge < -0.3 is 9.16 Å². The lowest BCUT2D eigenvalue weighted by molar-refractivity contribution is -0.153. The fourth-order valence-electron chi connectivity index (χ4n) is 1.56. The van der Waals surface area contributed by atoms with Crippen LogP contribution in [0.1, 0.15) is 25.7 Å². The van der Waals surface area contributed by atoms with Gasteiger partial charge in [-0.25, -0.2) is 0 Å². The van der Waals surface area contributed by atoms with E-state index in [1.54, 1.807) is 7.11 Å². The van der Waals surface area contributed by atoms with E-state index < -0.39 is 0 Å². The molecule has 0 radical (unpaired) electrons. The minimum absolute atomic E-state index is 0.174. The molecule has 1 atom stereocenters. The summed E-state index contributed by atoms with van der Waals surface area (Å²) in [6.07, 6.45) is 3.14. The van der Waals surface area contributed by atoms with Crippen LogP contribution in [0.3, 0.4) is 0 Å². The van der Waals surface area contributed by atoms with Gasteiger partial charge in [-0.2, -0.15) is 0 Å². The van der Waals surface area contributed by atoms with E-state index in [-0.39, 0.29) is 34.0 Å². The Kier molecular flexibility index (Phi) is 4.82. The van der Waals surface area contributed by atoms with Crippen molar-refractivity contribution in [2.75, 3.05) is 7.11 Å². The Labute approximate surface area is 85.9 Å². The molecule has 14 heavy (non-hydrogen) atoms. The van der Waals surface area contributed by atoms with Crippen LogP contribution >= 0.6 is 0 Å². The van der Waals surface area contributed by atoms with Gasteiger partial charge in [-0.15, -0.1) is 0 Å². The zero-order valence-electron chi connectivity index (χ0n) is 8.45. The summed E-state index contributed by atoms with van der Waals surface area (Å²) in [6.45, 7) is 0. The van der Waals surface area contributed by atoms with Crippen LogP contribution in [0, 0.1) is 5.92 Å². The molecule has 1 aliphatic rings. The zero-order chi connectivity index (χ0) is 10.4. The summed E-state index contributed by atoms with van der Waals surface area (Å²) in [7, 11) is 1.41. The highest BCUT2D eigenvalue weighted by molar-refractivity contribution is 6.26. The number of hydrogen-bond acceptors (Lipinski definition) is 4. The molecule has 1 aliphatic heterocycles. The molecular weight excluding hydrogens is 200 g/mol. The SMILES string of the molecule is CO[SiH2]CCCCC1CC(=O)OC1=O. The van der Waals surface area contributed by atoms with E-state index in [0.717, 1.165) is 25.3 Å². The first-order chi connectivity index (χ1) is 6.74. The summed E-state index contributed by atoms with van der Waals surface area (Å²) in [5, 5.41) is 0. The first-order valence-electron chi connectivity index (χ1n) is 4.97. The molecule has 0 spiro atoms. The fourth-order valence-corrected chi connectivity index (χ4v) is 2.40. The van der Waals surface area contributed by atoms with E-state index in [9.17, 15) is 9.59 Å². The van der Waals surface area contributed by atoms with Crippen LogP contribution in [-0.4, -0.2) is 28.8 Å². The zero-order valence-corrected chi connectivity index (χ0v) is 9.87. The highest BCUT2D eigenvalue weighted by Crippen LogP contribution is 2.21. The summed E-state index contributed by atoms with van der Waals surface area (Å²) in [5.74, 6) is -0.878. The number of carbonyl (C=O) groups is 2. The quantitative estimate of drug-likeness (QED) is 0.279. The van der Waals surface area contributed by atoms with Gasteiger partial charge in [-0.3, -0.25) is 9.59 Å². The highest BCUT2D eigenvalue weighted by Gasteiger charge is 2.32. The summed E-state index contributed by atoms with van der Waals surface area (Å²) in [4.78, 5) is 21.8. The van der Waals surface area contributed by atoms with E-state index in [1.807, 2.05) is 0 Å². The van der Waals surface area contributed by atoms with Crippen LogP contribution in [0.2, 0.25) is 6.04 Å².